The van der Waals surface area contributed by atoms with E-state index in [1.54, 1.807) is 12.1 Å². The van der Waals surface area contributed by atoms with Crippen LogP contribution >= 0.6 is 23.3 Å². The number of anilines is 1. The third-order valence-electron chi connectivity index (χ3n) is 6.76. The molecule has 1 saturated heterocycles. The number of fused-ring (bicyclic) bond motifs is 1. The van der Waals surface area contributed by atoms with Crippen molar-refractivity contribution in [2.45, 2.75) is 39.7 Å². The molecule has 0 aliphatic carbocycles. The van der Waals surface area contributed by atoms with Crippen LogP contribution < -0.4 is 20.9 Å². The van der Waals surface area contributed by atoms with Gasteiger partial charge in [-0.05, 0) is 74.5 Å². The molecule has 186 valence electrons. The lowest BCUT2D eigenvalue weighted by atomic mass is 9.95. The number of hydrogen-bond acceptors (Lipinski definition) is 7. The maximum absolute atomic E-state index is 13.4. The number of aromatic amines is 1. The normalized spacial score (nSPS) is 15.1. The lowest BCUT2D eigenvalue weighted by Crippen LogP contribution is -2.43. The highest BCUT2D eigenvalue weighted by atomic mass is 35.5. The summed E-state index contributed by atoms with van der Waals surface area (Å²) in [4.78, 5) is 29.3. The summed E-state index contributed by atoms with van der Waals surface area (Å²) in [6.45, 7) is 7.56. The summed E-state index contributed by atoms with van der Waals surface area (Å²) in [5.74, 6) is 0.365. The lowest BCUT2D eigenvalue weighted by molar-refractivity contribution is 0.102. The zero-order valence-corrected chi connectivity index (χ0v) is 21.8. The van der Waals surface area contributed by atoms with Crippen molar-refractivity contribution in [3.63, 3.8) is 0 Å². The van der Waals surface area contributed by atoms with Gasteiger partial charge in [0, 0.05) is 11.4 Å². The van der Waals surface area contributed by atoms with E-state index < -0.39 is 5.91 Å². The second-order valence-corrected chi connectivity index (χ2v) is 10.1. The van der Waals surface area contributed by atoms with Crippen LogP contribution in [0.15, 0.2) is 35.3 Å². The van der Waals surface area contributed by atoms with Gasteiger partial charge in [-0.1, -0.05) is 23.7 Å². The summed E-state index contributed by atoms with van der Waals surface area (Å²) in [5.41, 5.74) is 5.03. The van der Waals surface area contributed by atoms with E-state index in [-0.39, 0.29) is 16.1 Å². The molecule has 1 unspecified atom stereocenters. The van der Waals surface area contributed by atoms with E-state index in [2.05, 4.69) is 31.3 Å². The van der Waals surface area contributed by atoms with Crippen molar-refractivity contribution in [3.05, 3.63) is 68.1 Å². The number of amides is 1. The molecular formula is C26H26ClN5O3S. The zero-order chi connectivity index (χ0) is 25.4. The van der Waals surface area contributed by atoms with Crippen molar-refractivity contribution in [1.82, 2.24) is 19.0 Å². The fraction of sp³-hybridized carbons (Fsp3) is 0.308. The van der Waals surface area contributed by atoms with Crippen molar-refractivity contribution in [2.24, 2.45) is 0 Å². The predicted molar refractivity (Wildman–Crippen MR) is 144 cm³/mol. The van der Waals surface area contributed by atoms with Gasteiger partial charge in [0.25, 0.3) is 11.5 Å². The molecule has 2 aromatic heterocycles. The van der Waals surface area contributed by atoms with Crippen LogP contribution in [0, 0.1) is 20.8 Å². The molecule has 1 aliphatic rings. The van der Waals surface area contributed by atoms with E-state index in [0.717, 1.165) is 47.8 Å². The molecule has 3 N–H and O–H groups in total. The number of carbonyl (C=O) groups is 1. The average molecular weight is 524 g/mol. The highest BCUT2D eigenvalue weighted by molar-refractivity contribution is 6.99. The molecule has 1 aliphatic heterocycles. The average Bonchev–Trinajstić information content (AvgIpc) is 3.31. The third kappa shape index (κ3) is 4.74. The number of H-pyrrole nitrogens is 1. The maximum atomic E-state index is 13.4. The number of hydrogen-bond donors (Lipinski definition) is 3. The molecule has 4 aromatic rings. The summed E-state index contributed by atoms with van der Waals surface area (Å²) in [5, 5.41) is 6.89. The van der Waals surface area contributed by atoms with Crippen LogP contribution in [0.3, 0.4) is 0 Å². The summed E-state index contributed by atoms with van der Waals surface area (Å²) in [6.07, 6.45) is 3.39. The Morgan fingerprint density at radius 3 is 2.61 bits per heavy atom. The van der Waals surface area contributed by atoms with Gasteiger partial charge in [0.15, 0.2) is 5.82 Å². The molecule has 0 spiro atoms. The van der Waals surface area contributed by atoms with Crippen LogP contribution in [0.1, 0.15) is 39.9 Å². The number of nitrogens with one attached hydrogen (secondary N) is 3. The van der Waals surface area contributed by atoms with E-state index >= 15 is 0 Å². The summed E-state index contributed by atoms with van der Waals surface area (Å²) in [6, 6.07) is 7.66. The molecule has 10 heteroatoms. The first-order valence-corrected chi connectivity index (χ1v) is 12.9. The smallest absolute Gasteiger partial charge is 0.260 e. The molecule has 1 atom stereocenters. The summed E-state index contributed by atoms with van der Waals surface area (Å²) >= 11 is 7.46. The van der Waals surface area contributed by atoms with Crippen LogP contribution in [0.2, 0.25) is 5.02 Å². The number of pyridine rings is 1. The van der Waals surface area contributed by atoms with Crippen LogP contribution in [-0.2, 0) is 0 Å². The van der Waals surface area contributed by atoms with E-state index in [1.165, 1.54) is 11.8 Å². The summed E-state index contributed by atoms with van der Waals surface area (Å²) < 4.78 is 14.3. The number of ether oxygens (including phenoxy) is 1. The second kappa shape index (κ2) is 10.0. The minimum Gasteiger partial charge on any atom is -0.492 e. The Kier molecular flexibility index (Phi) is 6.79. The van der Waals surface area contributed by atoms with Gasteiger partial charge in [0.1, 0.15) is 5.75 Å². The highest BCUT2D eigenvalue weighted by Gasteiger charge is 2.22. The topological polar surface area (TPSA) is 109 Å². The SMILES string of the molecule is Cc1cc(-c2c(OCCC3CCN3)c3cc(C(=O)Nc4cnsn4)c(Cl)cc3[nH]c2=O)cc(C)c1C. The standard InChI is InChI=1S/C26H26ClN5O3S/c1-13-8-16(9-14(2)15(13)3)23-24(35-7-5-17-4-6-28-17)19-10-18(20(27)11-21(19)30-26(23)34)25(33)31-22-12-29-36-32-22/h8-12,17,28H,4-7H2,1-3H3,(H,30,34)(H,31,32,33). The minimum atomic E-state index is -0.422. The molecule has 1 amide bonds. The number of halogens is 1. The van der Waals surface area contributed by atoms with Gasteiger partial charge in [-0.2, -0.15) is 8.75 Å². The van der Waals surface area contributed by atoms with E-state index in [1.807, 2.05) is 26.0 Å². The Balaban J connectivity index is 1.65. The molecule has 36 heavy (non-hydrogen) atoms. The number of rotatable bonds is 7. The van der Waals surface area contributed by atoms with Gasteiger partial charge < -0.3 is 20.4 Å². The molecule has 8 nitrogen and oxygen atoms in total. The monoisotopic (exact) mass is 523 g/mol. The molecule has 0 saturated carbocycles. The molecule has 0 bridgehead atoms. The van der Waals surface area contributed by atoms with Gasteiger partial charge in [0.2, 0.25) is 0 Å². The van der Waals surface area contributed by atoms with Crippen LogP contribution in [0.5, 0.6) is 5.75 Å². The Hall–Kier alpha value is -3.27. The quantitative estimate of drug-likeness (QED) is 0.314. The summed E-state index contributed by atoms with van der Waals surface area (Å²) in [7, 11) is 0. The van der Waals surface area contributed by atoms with Gasteiger partial charge in [-0.3, -0.25) is 9.59 Å². The number of aryl methyl sites for hydroxylation is 2. The highest BCUT2D eigenvalue weighted by Crippen LogP contribution is 2.37. The Morgan fingerprint density at radius 1 is 1.22 bits per heavy atom. The van der Waals surface area contributed by atoms with Gasteiger partial charge >= 0.3 is 0 Å². The van der Waals surface area contributed by atoms with Gasteiger partial charge in [0.05, 0.1) is 46.2 Å². The number of aromatic nitrogens is 3. The van der Waals surface area contributed by atoms with Crippen molar-refractivity contribution in [1.29, 1.82) is 0 Å². The maximum Gasteiger partial charge on any atom is 0.260 e. The molecule has 5 rings (SSSR count). The van der Waals surface area contributed by atoms with E-state index in [9.17, 15) is 9.59 Å². The van der Waals surface area contributed by atoms with E-state index in [0.29, 0.717) is 40.7 Å². The molecular weight excluding hydrogens is 498 g/mol. The first kappa shape index (κ1) is 24.4. The fourth-order valence-corrected chi connectivity index (χ4v) is 4.98. The van der Waals surface area contributed by atoms with Crippen molar-refractivity contribution >= 4 is 46.0 Å². The largest absolute Gasteiger partial charge is 0.492 e. The van der Waals surface area contributed by atoms with Crippen molar-refractivity contribution in [3.8, 4) is 16.9 Å². The zero-order valence-electron chi connectivity index (χ0n) is 20.2. The molecule has 3 heterocycles. The molecule has 0 radical (unpaired) electrons. The second-order valence-electron chi connectivity index (χ2n) is 9.09. The number of nitrogens with zero attached hydrogens (tertiary/aromatic N) is 2. The Morgan fingerprint density at radius 2 is 1.97 bits per heavy atom. The van der Waals surface area contributed by atoms with Crippen LogP contribution in [-0.4, -0.2) is 38.8 Å². The first-order chi connectivity index (χ1) is 17.3. The molecule has 2 aromatic carbocycles. The number of carbonyl (C=O) groups excluding carboxylic acids is 1. The lowest BCUT2D eigenvalue weighted by Gasteiger charge is -2.27. The van der Waals surface area contributed by atoms with E-state index in [4.69, 9.17) is 16.3 Å². The van der Waals surface area contributed by atoms with Gasteiger partial charge in [-0.25, -0.2) is 0 Å². The molecule has 1 fully saturated rings. The fourth-order valence-electron chi connectivity index (χ4n) is 4.35. The van der Waals surface area contributed by atoms with Crippen LogP contribution in [0.25, 0.3) is 22.0 Å². The van der Waals surface area contributed by atoms with Crippen LogP contribution in [0.4, 0.5) is 5.82 Å². The Labute approximate surface area is 217 Å². The number of benzene rings is 2. The van der Waals surface area contributed by atoms with Crippen molar-refractivity contribution in [2.75, 3.05) is 18.5 Å². The first-order valence-electron chi connectivity index (χ1n) is 11.7. The van der Waals surface area contributed by atoms with Gasteiger partial charge in [-0.15, -0.1) is 0 Å². The third-order valence-corrected chi connectivity index (χ3v) is 7.55. The predicted octanol–water partition coefficient (Wildman–Crippen LogP) is 5.01. The van der Waals surface area contributed by atoms with Crippen molar-refractivity contribution < 1.29 is 9.53 Å². The Bertz CT molecular complexity index is 1490. The minimum absolute atomic E-state index is 0.207.